The van der Waals surface area contributed by atoms with E-state index in [0.717, 1.165) is 24.0 Å². The van der Waals surface area contributed by atoms with Crippen molar-refractivity contribution in [2.45, 2.75) is 31.7 Å². The molecule has 0 amide bonds. The zero-order valence-electron chi connectivity index (χ0n) is 10.4. The minimum absolute atomic E-state index is 0.545. The first-order chi connectivity index (χ1) is 8.76. The molecular formula is C14H18BrN3. The van der Waals surface area contributed by atoms with E-state index in [-0.39, 0.29) is 0 Å². The standard InChI is InChI=1S/C14H18BrN3/c15-14-9-13(5-4-11(14)10-17)18-8-2-1-3-12(18)6-7-16/h4-5,9,12H,1-3,6-8,16H2. The van der Waals surface area contributed by atoms with Crippen LogP contribution < -0.4 is 10.6 Å². The van der Waals surface area contributed by atoms with Crippen LogP contribution in [0.1, 0.15) is 31.2 Å². The largest absolute Gasteiger partial charge is 0.368 e. The van der Waals surface area contributed by atoms with Crippen molar-refractivity contribution in [3.63, 3.8) is 0 Å². The van der Waals surface area contributed by atoms with Gasteiger partial charge < -0.3 is 10.6 Å². The summed E-state index contributed by atoms with van der Waals surface area (Å²) in [5.74, 6) is 0. The van der Waals surface area contributed by atoms with E-state index in [9.17, 15) is 0 Å². The Balaban J connectivity index is 2.23. The summed E-state index contributed by atoms with van der Waals surface area (Å²) in [5, 5.41) is 8.95. The summed E-state index contributed by atoms with van der Waals surface area (Å²) in [6.45, 7) is 1.82. The Bertz CT molecular complexity index is 451. The van der Waals surface area contributed by atoms with Crippen molar-refractivity contribution in [1.82, 2.24) is 0 Å². The van der Waals surface area contributed by atoms with Crippen molar-refractivity contribution in [2.24, 2.45) is 5.73 Å². The minimum Gasteiger partial charge on any atom is -0.368 e. The molecule has 1 aliphatic rings. The third-order valence-electron chi connectivity index (χ3n) is 3.53. The number of hydrogen-bond acceptors (Lipinski definition) is 3. The molecule has 0 saturated carbocycles. The summed E-state index contributed by atoms with van der Waals surface area (Å²) < 4.78 is 0.875. The van der Waals surface area contributed by atoms with Crippen molar-refractivity contribution < 1.29 is 0 Å². The second-order valence-electron chi connectivity index (χ2n) is 4.70. The Kier molecular flexibility index (Phi) is 4.62. The van der Waals surface area contributed by atoms with E-state index in [0.29, 0.717) is 11.6 Å². The normalized spacial score (nSPS) is 19.6. The van der Waals surface area contributed by atoms with Gasteiger partial charge in [-0.05, 0) is 66.4 Å². The van der Waals surface area contributed by atoms with Gasteiger partial charge in [0.05, 0.1) is 5.56 Å². The van der Waals surface area contributed by atoms with Gasteiger partial charge in [-0.25, -0.2) is 0 Å². The van der Waals surface area contributed by atoms with Gasteiger partial charge >= 0.3 is 0 Å². The number of hydrogen-bond donors (Lipinski definition) is 1. The smallest absolute Gasteiger partial charge is 0.100 e. The number of anilines is 1. The van der Waals surface area contributed by atoms with Crippen LogP contribution >= 0.6 is 15.9 Å². The summed E-state index contributed by atoms with van der Waals surface area (Å²) in [7, 11) is 0. The maximum atomic E-state index is 8.95. The first-order valence-corrected chi connectivity index (χ1v) is 7.22. The second kappa shape index (κ2) is 6.21. The lowest BCUT2D eigenvalue weighted by Crippen LogP contribution is -2.40. The van der Waals surface area contributed by atoms with Crippen LogP contribution in [0.5, 0.6) is 0 Å². The summed E-state index contributed by atoms with van der Waals surface area (Å²) in [6, 6.07) is 8.69. The summed E-state index contributed by atoms with van der Waals surface area (Å²) in [4.78, 5) is 2.43. The Morgan fingerprint density at radius 2 is 2.28 bits per heavy atom. The highest BCUT2D eigenvalue weighted by molar-refractivity contribution is 9.10. The lowest BCUT2D eigenvalue weighted by atomic mass is 9.98. The van der Waals surface area contributed by atoms with Crippen LogP contribution in [0.15, 0.2) is 22.7 Å². The van der Waals surface area contributed by atoms with Crippen LogP contribution in [-0.2, 0) is 0 Å². The summed E-state index contributed by atoms with van der Waals surface area (Å²) in [5.41, 5.74) is 7.58. The van der Waals surface area contributed by atoms with Gasteiger partial charge in [-0.2, -0.15) is 5.26 Å². The number of nitriles is 1. The number of piperidine rings is 1. The number of benzene rings is 1. The third-order valence-corrected chi connectivity index (χ3v) is 4.19. The first-order valence-electron chi connectivity index (χ1n) is 6.42. The van der Waals surface area contributed by atoms with Gasteiger partial charge in [0.2, 0.25) is 0 Å². The average Bonchev–Trinajstić information content (AvgIpc) is 2.40. The molecule has 2 N–H and O–H groups in total. The molecule has 18 heavy (non-hydrogen) atoms. The summed E-state index contributed by atoms with van der Waals surface area (Å²) >= 11 is 3.46. The Morgan fingerprint density at radius 1 is 1.44 bits per heavy atom. The number of nitrogens with zero attached hydrogens (tertiary/aromatic N) is 2. The van der Waals surface area contributed by atoms with Crippen molar-refractivity contribution in [2.75, 3.05) is 18.0 Å². The number of halogens is 1. The molecule has 0 bridgehead atoms. The molecule has 0 radical (unpaired) electrons. The number of rotatable bonds is 3. The molecule has 1 aromatic carbocycles. The van der Waals surface area contributed by atoms with Gasteiger partial charge in [0.25, 0.3) is 0 Å². The molecule has 1 saturated heterocycles. The van der Waals surface area contributed by atoms with Crippen LogP contribution in [0.3, 0.4) is 0 Å². The van der Waals surface area contributed by atoms with Crippen LogP contribution in [0.25, 0.3) is 0 Å². The summed E-state index contributed by atoms with van der Waals surface area (Å²) in [6.07, 6.45) is 4.78. The highest BCUT2D eigenvalue weighted by Gasteiger charge is 2.22. The molecule has 1 heterocycles. The number of nitrogens with two attached hydrogens (primary N) is 1. The molecule has 96 valence electrons. The molecule has 1 aromatic rings. The predicted molar refractivity (Wildman–Crippen MR) is 77.5 cm³/mol. The molecule has 0 aromatic heterocycles. The van der Waals surface area contributed by atoms with Gasteiger partial charge in [0.1, 0.15) is 6.07 Å². The van der Waals surface area contributed by atoms with E-state index in [1.165, 1.54) is 24.9 Å². The molecule has 1 atom stereocenters. The Morgan fingerprint density at radius 3 is 2.94 bits per heavy atom. The third kappa shape index (κ3) is 2.85. The van der Waals surface area contributed by atoms with Crippen LogP contribution in [0.4, 0.5) is 5.69 Å². The molecule has 0 aliphatic carbocycles. The van der Waals surface area contributed by atoms with Gasteiger partial charge in [-0.15, -0.1) is 0 Å². The first kappa shape index (κ1) is 13.4. The maximum absolute atomic E-state index is 8.95. The molecule has 2 rings (SSSR count). The zero-order chi connectivity index (χ0) is 13.0. The van der Waals surface area contributed by atoms with Crippen LogP contribution in [0, 0.1) is 11.3 Å². The van der Waals surface area contributed by atoms with E-state index < -0.39 is 0 Å². The highest BCUT2D eigenvalue weighted by atomic mass is 79.9. The average molecular weight is 308 g/mol. The molecule has 1 unspecified atom stereocenters. The monoisotopic (exact) mass is 307 g/mol. The highest BCUT2D eigenvalue weighted by Crippen LogP contribution is 2.29. The molecule has 4 heteroatoms. The van der Waals surface area contributed by atoms with Crippen molar-refractivity contribution in [3.8, 4) is 6.07 Å². The molecular weight excluding hydrogens is 290 g/mol. The fourth-order valence-electron chi connectivity index (χ4n) is 2.61. The Hall–Kier alpha value is -1.05. The zero-order valence-corrected chi connectivity index (χ0v) is 12.0. The van der Waals surface area contributed by atoms with Crippen molar-refractivity contribution >= 4 is 21.6 Å². The lowest BCUT2D eigenvalue weighted by Gasteiger charge is -2.37. The van der Waals surface area contributed by atoms with E-state index in [1.54, 1.807) is 0 Å². The molecule has 1 aliphatic heterocycles. The second-order valence-corrected chi connectivity index (χ2v) is 5.55. The van der Waals surface area contributed by atoms with Crippen LogP contribution in [-0.4, -0.2) is 19.1 Å². The quantitative estimate of drug-likeness (QED) is 0.934. The fourth-order valence-corrected chi connectivity index (χ4v) is 3.06. The predicted octanol–water partition coefficient (Wildman–Crippen LogP) is 3.03. The van der Waals surface area contributed by atoms with Gasteiger partial charge in [-0.3, -0.25) is 0 Å². The molecule has 3 nitrogen and oxygen atoms in total. The van der Waals surface area contributed by atoms with Crippen LogP contribution in [0.2, 0.25) is 0 Å². The lowest BCUT2D eigenvalue weighted by molar-refractivity contribution is 0.442. The van der Waals surface area contributed by atoms with E-state index in [1.807, 2.05) is 18.2 Å². The Labute approximate surface area is 117 Å². The minimum atomic E-state index is 0.545. The molecule has 0 spiro atoms. The van der Waals surface area contributed by atoms with Gasteiger partial charge in [0.15, 0.2) is 0 Å². The molecule has 1 fully saturated rings. The maximum Gasteiger partial charge on any atom is 0.100 e. The van der Waals surface area contributed by atoms with E-state index in [4.69, 9.17) is 11.0 Å². The van der Waals surface area contributed by atoms with E-state index >= 15 is 0 Å². The van der Waals surface area contributed by atoms with Gasteiger partial charge in [-0.1, -0.05) is 0 Å². The van der Waals surface area contributed by atoms with Gasteiger partial charge in [0, 0.05) is 22.7 Å². The topological polar surface area (TPSA) is 53.0 Å². The van der Waals surface area contributed by atoms with E-state index in [2.05, 4.69) is 26.9 Å². The SMILES string of the molecule is N#Cc1ccc(N2CCCCC2CCN)cc1Br. The van der Waals surface area contributed by atoms with Crippen molar-refractivity contribution in [1.29, 1.82) is 5.26 Å². The van der Waals surface area contributed by atoms with Crippen molar-refractivity contribution in [3.05, 3.63) is 28.2 Å². The fraction of sp³-hybridized carbons (Fsp3) is 0.500.